The molecule has 1 aromatic rings. The monoisotopic (exact) mass is 243 g/mol. The second-order valence-electron chi connectivity index (χ2n) is 3.22. The number of nitrogens with one attached hydrogen (secondary N) is 2. The number of aromatic nitrogens is 3. The average Bonchev–Trinajstić information content (AvgIpc) is 2.28. The first-order valence-electron chi connectivity index (χ1n) is 4.93. The van der Waals surface area contributed by atoms with Crippen molar-refractivity contribution in [2.75, 3.05) is 36.8 Å². The van der Waals surface area contributed by atoms with Gasteiger partial charge in [0.05, 0.1) is 7.11 Å². The van der Waals surface area contributed by atoms with Crippen molar-refractivity contribution in [3.05, 3.63) is 0 Å². The lowest BCUT2D eigenvalue weighted by Crippen LogP contribution is -2.20. The van der Waals surface area contributed by atoms with Crippen LogP contribution in [0.25, 0.3) is 0 Å². The molecule has 0 radical (unpaired) electrons. The number of hydrogen-bond donors (Lipinski definition) is 2. The zero-order chi connectivity index (χ0) is 12.0. The number of rotatable bonds is 6. The molecule has 0 bridgehead atoms. The first kappa shape index (κ1) is 12.8. The maximum atomic E-state index is 4.99. The van der Waals surface area contributed by atoms with Crippen LogP contribution in [0.5, 0.6) is 6.01 Å². The summed E-state index contributed by atoms with van der Waals surface area (Å²) in [5, 5.41) is 6.05. The van der Waals surface area contributed by atoms with Gasteiger partial charge in [-0.15, -0.1) is 0 Å². The van der Waals surface area contributed by atoms with E-state index in [0.29, 0.717) is 23.9 Å². The molecule has 1 atom stereocenters. The Labute approximate surface area is 99.6 Å². The molecule has 0 saturated heterocycles. The van der Waals surface area contributed by atoms with Crippen LogP contribution in [0.15, 0.2) is 0 Å². The van der Waals surface area contributed by atoms with Crippen molar-refractivity contribution in [3.8, 4) is 6.01 Å². The first-order chi connectivity index (χ1) is 7.69. The Bertz CT molecular complexity index is 313. The maximum absolute atomic E-state index is 4.99. The molecule has 0 spiro atoms. The minimum atomic E-state index is 0.298. The standard InChI is InChI=1S/C9H17N5OS/c1-6(5-16-4)11-8-12-7(10-2)13-9(14-8)15-3/h6H,5H2,1-4H3,(H2,10,11,12,13,14). The smallest absolute Gasteiger partial charge is 0.322 e. The van der Waals surface area contributed by atoms with Gasteiger partial charge in [0.15, 0.2) is 0 Å². The first-order valence-corrected chi connectivity index (χ1v) is 6.32. The molecule has 1 rings (SSSR count). The molecule has 0 aromatic carbocycles. The molecule has 0 saturated carbocycles. The second kappa shape index (κ2) is 6.37. The van der Waals surface area contributed by atoms with Crippen molar-refractivity contribution in [1.82, 2.24) is 15.0 Å². The minimum Gasteiger partial charge on any atom is -0.467 e. The van der Waals surface area contributed by atoms with Crippen molar-refractivity contribution in [2.45, 2.75) is 13.0 Å². The summed E-state index contributed by atoms with van der Waals surface area (Å²) in [6, 6.07) is 0.602. The fourth-order valence-corrected chi connectivity index (χ4v) is 1.72. The number of anilines is 2. The summed E-state index contributed by atoms with van der Waals surface area (Å²) in [7, 11) is 3.29. The van der Waals surface area contributed by atoms with Crippen molar-refractivity contribution in [3.63, 3.8) is 0 Å². The Hall–Kier alpha value is -1.24. The summed E-state index contributed by atoms with van der Waals surface area (Å²) in [6.45, 7) is 2.08. The van der Waals surface area contributed by atoms with Crippen LogP contribution in [0, 0.1) is 0 Å². The van der Waals surface area contributed by atoms with E-state index < -0.39 is 0 Å². The molecule has 1 unspecified atom stereocenters. The Kier molecular flexibility index (Phi) is 5.10. The van der Waals surface area contributed by atoms with Gasteiger partial charge in [-0.2, -0.15) is 26.7 Å². The van der Waals surface area contributed by atoms with Crippen LogP contribution in [0.3, 0.4) is 0 Å². The Morgan fingerprint density at radius 1 is 1.31 bits per heavy atom. The highest BCUT2D eigenvalue weighted by Gasteiger charge is 2.08. The molecule has 1 heterocycles. The van der Waals surface area contributed by atoms with Crippen LogP contribution >= 0.6 is 11.8 Å². The molecule has 0 fully saturated rings. The van der Waals surface area contributed by atoms with Gasteiger partial charge in [0, 0.05) is 18.8 Å². The van der Waals surface area contributed by atoms with Gasteiger partial charge < -0.3 is 15.4 Å². The summed E-state index contributed by atoms with van der Waals surface area (Å²) in [4.78, 5) is 12.3. The Balaban J connectivity index is 2.78. The van der Waals surface area contributed by atoms with E-state index in [1.165, 1.54) is 7.11 Å². The van der Waals surface area contributed by atoms with Crippen LogP contribution in [0.1, 0.15) is 6.92 Å². The van der Waals surface area contributed by atoms with E-state index in [4.69, 9.17) is 4.74 Å². The highest BCUT2D eigenvalue weighted by Crippen LogP contribution is 2.11. The number of thioether (sulfide) groups is 1. The largest absolute Gasteiger partial charge is 0.467 e. The molecule has 7 heteroatoms. The zero-order valence-electron chi connectivity index (χ0n) is 9.94. The van der Waals surface area contributed by atoms with Gasteiger partial charge in [-0.05, 0) is 13.2 Å². The molecule has 6 nitrogen and oxygen atoms in total. The Morgan fingerprint density at radius 3 is 2.56 bits per heavy atom. The molecule has 90 valence electrons. The van der Waals surface area contributed by atoms with E-state index in [2.05, 4.69) is 38.8 Å². The summed E-state index contributed by atoms with van der Waals surface area (Å²) in [5.74, 6) is 2.01. The summed E-state index contributed by atoms with van der Waals surface area (Å²) >= 11 is 1.77. The highest BCUT2D eigenvalue weighted by molar-refractivity contribution is 7.98. The normalized spacial score (nSPS) is 12.0. The van der Waals surface area contributed by atoms with Crippen LogP contribution < -0.4 is 15.4 Å². The molecule has 0 amide bonds. The maximum Gasteiger partial charge on any atom is 0.322 e. The third-order valence-corrected chi connectivity index (χ3v) is 2.65. The SMILES string of the molecule is CNc1nc(NC(C)CSC)nc(OC)n1. The number of nitrogens with zero attached hydrogens (tertiary/aromatic N) is 3. The molecular weight excluding hydrogens is 226 g/mol. The van der Waals surface area contributed by atoms with Gasteiger partial charge in [0.1, 0.15) is 0 Å². The summed E-state index contributed by atoms with van der Waals surface area (Å²) < 4.78 is 4.99. The number of methoxy groups -OCH3 is 1. The number of hydrogen-bond acceptors (Lipinski definition) is 7. The molecular formula is C9H17N5OS. The van der Waals surface area contributed by atoms with Crippen molar-refractivity contribution < 1.29 is 4.74 Å². The van der Waals surface area contributed by atoms with Gasteiger partial charge in [-0.1, -0.05) is 0 Å². The summed E-state index contributed by atoms with van der Waals surface area (Å²) in [5.41, 5.74) is 0. The highest BCUT2D eigenvalue weighted by atomic mass is 32.2. The van der Waals surface area contributed by atoms with E-state index in [-0.39, 0.29) is 0 Å². The fraction of sp³-hybridized carbons (Fsp3) is 0.667. The quantitative estimate of drug-likeness (QED) is 0.774. The predicted molar refractivity (Wildman–Crippen MR) is 67.4 cm³/mol. The van der Waals surface area contributed by atoms with Crippen LogP contribution in [-0.2, 0) is 0 Å². The lowest BCUT2D eigenvalue weighted by Gasteiger charge is -2.13. The minimum absolute atomic E-state index is 0.298. The van der Waals surface area contributed by atoms with Gasteiger partial charge in [-0.25, -0.2) is 0 Å². The molecule has 0 aliphatic carbocycles. The average molecular weight is 243 g/mol. The lowest BCUT2D eigenvalue weighted by atomic mass is 10.4. The molecule has 0 aliphatic rings. The predicted octanol–water partition coefficient (Wildman–Crippen LogP) is 1.09. The van der Waals surface area contributed by atoms with E-state index >= 15 is 0 Å². The van der Waals surface area contributed by atoms with E-state index in [9.17, 15) is 0 Å². The van der Waals surface area contributed by atoms with Crippen LogP contribution in [-0.4, -0.2) is 47.2 Å². The van der Waals surface area contributed by atoms with Crippen molar-refractivity contribution >= 4 is 23.7 Å². The number of ether oxygens (including phenoxy) is 1. The molecule has 0 aliphatic heterocycles. The zero-order valence-corrected chi connectivity index (χ0v) is 10.8. The van der Waals surface area contributed by atoms with Gasteiger partial charge in [0.25, 0.3) is 0 Å². The topological polar surface area (TPSA) is 72.0 Å². The molecule has 1 aromatic heterocycles. The molecule has 16 heavy (non-hydrogen) atoms. The Morgan fingerprint density at radius 2 is 2.00 bits per heavy atom. The van der Waals surface area contributed by atoms with E-state index in [0.717, 1.165) is 5.75 Å². The van der Waals surface area contributed by atoms with Gasteiger partial charge >= 0.3 is 6.01 Å². The van der Waals surface area contributed by atoms with Crippen LogP contribution in [0.4, 0.5) is 11.9 Å². The van der Waals surface area contributed by atoms with Gasteiger partial charge in [0.2, 0.25) is 11.9 Å². The second-order valence-corrected chi connectivity index (χ2v) is 4.13. The summed E-state index contributed by atoms with van der Waals surface area (Å²) in [6.07, 6.45) is 2.06. The fourth-order valence-electron chi connectivity index (χ4n) is 1.14. The van der Waals surface area contributed by atoms with Crippen molar-refractivity contribution in [2.24, 2.45) is 0 Å². The molecule has 2 N–H and O–H groups in total. The lowest BCUT2D eigenvalue weighted by molar-refractivity contribution is 0.379. The van der Waals surface area contributed by atoms with Crippen molar-refractivity contribution in [1.29, 1.82) is 0 Å². The third-order valence-electron chi connectivity index (χ3n) is 1.81. The van der Waals surface area contributed by atoms with Gasteiger partial charge in [-0.3, -0.25) is 0 Å². The van der Waals surface area contributed by atoms with Crippen LogP contribution in [0.2, 0.25) is 0 Å². The van der Waals surface area contributed by atoms with E-state index in [1.54, 1.807) is 18.8 Å². The third kappa shape index (κ3) is 3.73. The van der Waals surface area contributed by atoms with E-state index in [1.807, 2.05) is 0 Å².